The summed E-state index contributed by atoms with van der Waals surface area (Å²) in [6, 6.07) is 7.34. The molecule has 0 amide bonds. The Morgan fingerprint density at radius 3 is 2.69 bits per heavy atom. The van der Waals surface area contributed by atoms with Gasteiger partial charge in [0.25, 0.3) is 0 Å². The lowest BCUT2D eigenvalue weighted by atomic mass is 10.0. The number of hydrogen-bond acceptors (Lipinski definition) is 4. The Bertz CT molecular complexity index is 317. The molecule has 0 fully saturated rings. The molecule has 0 aromatic heterocycles. The topological polar surface area (TPSA) is 72.7 Å². The maximum Gasteiger partial charge on any atom is 0.107 e. The first-order chi connectivity index (χ1) is 7.69. The number of nitrogens with one attached hydrogen (secondary N) is 1. The molecule has 16 heavy (non-hydrogen) atoms. The predicted octanol–water partition coefficient (Wildman–Crippen LogP) is 0.183. The van der Waals surface area contributed by atoms with Crippen molar-refractivity contribution in [1.29, 1.82) is 0 Å². The van der Waals surface area contributed by atoms with Crippen molar-refractivity contribution >= 4 is 0 Å². The van der Waals surface area contributed by atoms with Crippen LogP contribution in [0, 0.1) is 0 Å². The van der Waals surface area contributed by atoms with Gasteiger partial charge in [-0.2, -0.15) is 0 Å². The van der Waals surface area contributed by atoms with Crippen LogP contribution in [0.2, 0.25) is 0 Å². The molecule has 0 aliphatic rings. The van der Waals surface area contributed by atoms with E-state index in [4.69, 9.17) is 5.11 Å². The third kappa shape index (κ3) is 3.57. The van der Waals surface area contributed by atoms with E-state index < -0.39 is 18.8 Å². The first-order valence-corrected chi connectivity index (χ1v) is 5.45. The van der Waals surface area contributed by atoms with Crippen molar-refractivity contribution in [3.05, 3.63) is 35.4 Å². The van der Waals surface area contributed by atoms with Gasteiger partial charge in [0.05, 0.1) is 6.61 Å². The van der Waals surface area contributed by atoms with Crippen LogP contribution < -0.4 is 5.32 Å². The molecule has 2 unspecified atom stereocenters. The molecule has 0 bridgehead atoms. The van der Waals surface area contributed by atoms with Crippen LogP contribution in [-0.2, 0) is 6.54 Å². The summed E-state index contributed by atoms with van der Waals surface area (Å²) in [6.45, 7) is 3.19. The molecule has 4 heteroatoms. The monoisotopic (exact) mass is 225 g/mol. The van der Waals surface area contributed by atoms with Crippen molar-refractivity contribution in [3.8, 4) is 0 Å². The lowest BCUT2D eigenvalue weighted by Crippen LogP contribution is -2.22. The van der Waals surface area contributed by atoms with Crippen LogP contribution in [0.25, 0.3) is 0 Å². The molecule has 0 aliphatic carbocycles. The lowest BCUT2D eigenvalue weighted by molar-refractivity contribution is -0.0152. The van der Waals surface area contributed by atoms with Gasteiger partial charge in [0.2, 0.25) is 0 Å². The summed E-state index contributed by atoms with van der Waals surface area (Å²) in [5.74, 6) is 0. The number of benzene rings is 1. The Kier molecular flexibility index (Phi) is 5.42. The highest BCUT2D eigenvalue weighted by Crippen LogP contribution is 2.17. The molecule has 4 N–H and O–H groups in total. The van der Waals surface area contributed by atoms with Crippen LogP contribution in [0.5, 0.6) is 0 Å². The van der Waals surface area contributed by atoms with E-state index in [9.17, 15) is 10.2 Å². The Hall–Kier alpha value is -0.940. The van der Waals surface area contributed by atoms with Crippen LogP contribution in [0.3, 0.4) is 0 Å². The summed E-state index contributed by atoms with van der Waals surface area (Å²) in [5, 5.41) is 31.0. The minimum Gasteiger partial charge on any atom is -0.394 e. The van der Waals surface area contributed by atoms with Gasteiger partial charge in [-0.15, -0.1) is 0 Å². The zero-order valence-electron chi connectivity index (χ0n) is 9.43. The third-order valence-electron chi connectivity index (χ3n) is 2.42. The van der Waals surface area contributed by atoms with Crippen molar-refractivity contribution in [2.75, 3.05) is 13.2 Å². The van der Waals surface area contributed by atoms with Crippen molar-refractivity contribution in [3.63, 3.8) is 0 Å². The quantitative estimate of drug-likeness (QED) is 0.557. The highest BCUT2D eigenvalue weighted by molar-refractivity contribution is 5.25. The van der Waals surface area contributed by atoms with Gasteiger partial charge in [0.15, 0.2) is 0 Å². The van der Waals surface area contributed by atoms with Crippen LogP contribution in [0.4, 0.5) is 0 Å². The normalized spacial score (nSPS) is 14.8. The van der Waals surface area contributed by atoms with E-state index in [0.29, 0.717) is 5.56 Å². The minimum atomic E-state index is -1.13. The molecule has 1 aromatic carbocycles. The van der Waals surface area contributed by atoms with Gasteiger partial charge in [0, 0.05) is 6.54 Å². The molecule has 0 radical (unpaired) electrons. The average molecular weight is 225 g/mol. The summed E-state index contributed by atoms with van der Waals surface area (Å²) in [7, 11) is 0. The van der Waals surface area contributed by atoms with Gasteiger partial charge < -0.3 is 20.6 Å². The number of hydrogen-bond donors (Lipinski definition) is 4. The molecule has 1 aromatic rings. The second-order valence-electron chi connectivity index (χ2n) is 3.72. The molecule has 2 atom stereocenters. The zero-order valence-corrected chi connectivity index (χ0v) is 9.43. The summed E-state index contributed by atoms with van der Waals surface area (Å²) < 4.78 is 0. The summed E-state index contributed by atoms with van der Waals surface area (Å²) in [4.78, 5) is 0. The Morgan fingerprint density at radius 2 is 2.06 bits per heavy atom. The summed E-state index contributed by atoms with van der Waals surface area (Å²) in [5.41, 5.74) is 1.67. The van der Waals surface area contributed by atoms with Gasteiger partial charge >= 0.3 is 0 Å². The molecule has 0 heterocycles. The average Bonchev–Trinajstić information content (AvgIpc) is 2.34. The Labute approximate surface area is 95.6 Å². The highest BCUT2D eigenvalue weighted by atomic mass is 16.4. The van der Waals surface area contributed by atoms with Gasteiger partial charge in [-0.1, -0.05) is 31.2 Å². The third-order valence-corrected chi connectivity index (χ3v) is 2.42. The van der Waals surface area contributed by atoms with Gasteiger partial charge in [-0.05, 0) is 17.7 Å². The first kappa shape index (κ1) is 13.1. The van der Waals surface area contributed by atoms with E-state index in [1.807, 2.05) is 25.1 Å². The van der Waals surface area contributed by atoms with Gasteiger partial charge in [-0.3, -0.25) is 0 Å². The van der Waals surface area contributed by atoms with E-state index in [2.05, 4.69) is 5.32 Å². The van der Waals surface area contributed by atoms with Crippen molar-refractivity contribution in [2.45, 2.75) is 25.7 Å². The molecular formula is C12H19NO3. The van der Waals surface area contributed by atoms with Crippen LogP contribution in [-0.4, -0.2) is 34.6 Å². The lowest BCUT2D eigenvalue weighted by Gasteiger charge is -2.16. The first-order valence-electron chi connectivity index (χ1n) is 5.45. The van der Waals surface area contributed by atoms with E-state index >= 15 is 0 Å². The minimum absolute atomic E-state index is 0.446. The fourth-order valence-corrected chi connectivity index (χ4v) is 1.48. The molecule has 0 saturated heterocycles. The van der Waals surface area contributed by atoms with Crippen molar-refractivity contribution in [1.82, 2.24) is 5.32 Å². The molecule has 90 valence electrons. The van der Waals surface area contributed by atoms with Gasteiger partial charge in [0.1, 0.15) is 12.2 Å². The van der Waals surface area contributed by atoms with E-state index in [1.165, 1.54) is 0 Å². The molecule has 0 spiro atoms. The van der Waals surface area contributed by atoms with Crippen LogP contribution >= 0.6 is 0 Å². The predicted molar refractivity (Wildman–Crippen MR) is 61.9 cm³/mol. The number of rotatable bonds is 6. The van der Waals surface area contributed by atoms with E-state index in [-0.39, 0.29) is 0 Å². The van der Waals surface area contributed by atoms with E-state index in [1.54, 1.807) is 6.07 Å². The SMILES string of the molecule is CCNCc1cccc(C(O)C(O)CO)c1. The summed E-state index contributed by atoms with van der Waals surface area (Å²) in [6.07, 6.45) is -2.17. The maximum atomic E-state index is 9.71. The molecule has 0 saturated carbocycles. The van der Waals surface area contributed by atoms with Crippen LogP contribution in [0.15, 0.2) is 24.3 Å². The fraction of sp³-hybridized carbons (Fsp3) is 0.500. The highest BCUT2D eigenvalue weighted by Gasteiger charge is 2.17. The maximum absolute atomic E-state index is 9.71. The van der Waals surface area contributed by atoms with Crippen LogP contribution in [0.1, 0.15) is 24.2 Å². The fourth-order valence-electron chi connectivity index (χ4n) is 1.48. The molecule has 4 nitrogen and oxygen atoms in total. The summed E-state index contributed by atoms with van der Waals surface area (Å²) >= 11 is 0. The second kappa shape index (κ2) is 6.60. The molecular weight excluding hydrogens is 206 g/mol. The Morgan fingerprint density at radius 1 is 1.31 bits per heavy atom. The van der Waals surface area contributed by atoms with Gasteiger partial charge in [-0.25, -0.2) is 0 Å². The second-order valence-corrected chi connectivity index (χ2v) is 3.72. The molecule has 1 rings (SSSR count). The van der Waals surface area contributed by atoms with Crippen molar-refractivity contribution < 1.29 is 15.3 Å². The van der Waals surface area contributed by atoms with E-state index in [0.717, 1.165) is 18.7 Å². The Balaban J connectivity index is 2.73. The smallest absolute Gasteiger partial charge is 0.107 e. The number of aliphatic hydroxyl groups is 3. The zero-order chi connectivity index (χ0) is 12.0. The standard InChI is InChI=1S/C12H19NO3/c1-2-13-7-9-4-3-5-10(6-9)12(16)11(15)8-14/h3-6,11-16H,2,7-8H2,1H3. The number of aliphatic hydroxyl groups excluding tert-OH is 3. The van der Waals surface area contributed by atoms with Crippen molar-refractivity contribution in [2.24, 2.45) is 0 Å². The largest absolute Gasteiger partial charge is 0.394 e. The molecule has 0 aliphatic heterocycles.